The quantitative estimate of drug-likeness (QED) is 0.612. The number of benzene rings is 2. The van der Waals surface area contributed by atoms with Gasteiger partial charge in [-0.15, -0.1) is 0 Å². The summed E-state index contributed by atoms with van der Waals surface area (Å²) in [7, 11) is 0. The van der Waals surface area contributed by atoms with Crippen LogP contribution in [0.3, 0.4) is 0 Å². The zero-order valence-corrected chi connectivity index (χ0v) is 17.5. The molecule has 31 heavy (non-hydrogen) atoms. The largest absolute Gasteiger partial charge is 0.446 e. The van der Waals surface area contributed by atoms with E-state index in [2.05, 4.69) is 4.98 Å². The lowest BCUT2D eigenvalue weighted by molar-refractivity contribution is 0.00400. The molecule has 1 aliphatic rings. The summed E-state index contributed by atoms with van der Waals surface area (Å²) in [5, 5.41) is 8.97. The molecule has 2 unspecified atom stereocenters. The van der Waals surface area contributed by atoms with E-state index in [1.807, 2.05) is 49.4 Å². The molecule has 6 heteroatoms. The Bertz CT molecular complexity index is 936. The number of pyridine rings is 1. The van der Waals surface area contributed by atoms with Gasteiger partial charge in [-0.25, -0.2) is 9.18 Å². The monoisotopic (exact) mass is 422 g/mol. The van der Waals surface area contributed by atoms with E-state index in [9.17, 15) is 9.18 Å². The van der Waals surface area contributed by atoms with Gasteiger partial charge in [0.25, 0.3) is 0 Å². The summed E-state index contributed by atoms with van der Waals surface area (Å²) in [6.45, 7) is 2.69. The molecule has 0 radical (unpaired) electrons. The Morgan fingerprint density at radius 3 is 2.35 bits per heavy atom. The van der Waals surface area contributed by atoms with E-state index in [0.29, 0.717) is 13.0 Å². The average Bonchev–Trinajstić information content (AvgIpc) is 2.81. The molecule has 162 valence electrons. The van der Waals surface area contributed by atoms with Gasteiger partial charge in [0.15, 0.2) is 0 Å². The number of hydrogen-bond donors (Lipinski definition) is 1. The Labute approximate surface area is 182 Å². The van der Waals surface area contributed by atoms with Gasteiger partial charge in [0, 0.05) is 37.8 Å². The predicted molar refractivity (Wildman–Crippen MR) is 118 cm³/mol. The topological polar surface area (TPSA) is 62.7 Å². The molecule has 1 aliphatic heterocycles. The van der Waals surface area contributed by atoms with Crippen molar-refractivity contribution < 1.29 is 19.0 Å². The molecule has 5 nitrogen and oxygen atoms in total. The lowest BCUT2D eigenvalue weighted by atomic mass is 10.0. The van der Waals surface area contributed by atoms with Crippen molar-refractivity contribution in [2.24, 2.45) is 0 Å². The molecule has 4 rings (SSSR count). The van der Waals surface area contributed by atoms with E-state index in [1.54, 1.807) is 29.3 Å². The highest BCUT2D eigenvalue weighted by Gasteiger charge is 2.30. The number of halogens is 1. The second kappa shape index (κ2) is 11.2. The van der Waals surface area contributed by atoms with Crippen LogP contribution in [-0.4, -0.2) is 40.3 Å². The van der Waals surface area contributed by atoms with Crippen LogP contribution < -0.4 is 0 Å². The number of aromatic nitrogens is 1. The zero-order valence-electron chi connectivity index (χ0n) is 17.5. The summed E-state index contributed by atoms with van der Waals surface area (Å²) in [5.41, 5.74) is 3.05. The van der Waals surface area contributed by atoms with Gasteiger partial charge in [0.2, 0.25) is 0 Å². The van der Waals surface area contributed by atoms with Crippen LogP contribution in [0.25, 0.3) is 11.3 Å². The number of cyclic esters (lactones) is 1. The minimum atomic E-state index is -0.305. The molecule has 2 atom stereocenters. The van der Waals surface area contributed by atoms with Crippen LogP contribution in [0.2, 0.25) is 0 Å². The number of rotatable bonds is 5. The third-order valence-corrected chi connectivity index (χ3v) is 5.20. The highest BCUT2D eigenvalue weighted by atomic mass is 19.1. The molecule has 1 saturated heterocycles. The van der Waals surface area contributed by atoms with Gasteiger partial charge in [-0.1, -0.05) is 48.5 Å². The van der Waals surface area contributed by atoms with Crippen molar-refractivity contribution in [1.82, 2.24) is 9.88 Å². The van der Waals surface area contributed by atoms with Gasteiger partial charge in [0.1, 0.15) is 11.9 Å². The van der Waals surface area contributed by atoms with Crippen LogP contribution in [-0.2, 0) is 4.74 Å². The Hall–Kier alpha value is -3.25. The van der Waals surface area contributed by atoms with Crippen molar-refractivity contribution >= 4 is 6.09 Å². The number of aliphatic hydroxyl groups excluding tert-OH is 1. The SMILES string of the molecule is CC(c1ccc(-c2ccccn2)cc1)N1CCC(CCO)OC1=O.Fc1ccccc1. The number of amides is 1. The maximum absolute atomic E-state index is 12.2. The fourth-order valence-electron chi connectivity index (χ4n) is 3.40. The van der Waals surface area contributed by atoms with Crippen molar-refractivity contribution in [1.29, 1.82) is 0 Å². The van der Waals surface area contributed by atoms with Gasteiger partial charge in [-0.2, -0.15) is 0 Å². The second-order valence-corrected chi connectivity index (χ2v) is 7.31. The standard InChI is InChI=1S/C19H22N2O3.C6H5F/c1-14(21-12-9-17(10-13-22)24-19(21)23)15-5-7-16(8-6-15)18-4-2-3-11-20-18;7-6-4-2-1-3-5-6/h2-8,11,14,17,22H,9-10,12-13H2,1H3;1-5H. The first kappa shape index (κ1) is 22.4. The average molecular weight is 423 g/mol. The molecule has 1 fully saturated rings. The Morgan fingerprint density at radius 1 is 1.10 bits per heavy atom. The molecule has 1 aromatic heterocycles. The van der Waals surface area contributed by atoms with Gasteiger partial charge in [0.05, 0.1) is 11.7 Å². The molecular formula is C25H27FN2O3. The summed E-state index contributed by atoms with van der Waals surface area (Å²) in [6, 6.07) is 21.8. The maximum Gasteiger partial charge on any atom is 0.410 e. The lowest BCUT2D eigenvalue weighted by Crippen LogP contribution is -2.43. The van der Waals surface area contributed by atoms with Gasteiger partial charge < -0.3 is 14.7 Å². The molecule has 0 bridgehead atoms. The van der Waals surface area contributed by atoms with Crippen LogP contribution in [0.15, 0.2) is 79.0 Å². The van der Waals surface area contributed by atoms with Crippen LogP contribution in [0.4, 0.5) is 9.18 Å². The molecule has 0 spiro atoms. The molecule has 1 amide bonds. The Morgan fingerprint density at radius 2 is 1.81 bits per heavy atom. The summed E-state index contributed by atoms with van der Waals surface area (Å²) in [4.78, 5) is 18.3. The highest BCUT2D eigenvalue weighted by Crippen LogP contribution is 2.27. The van der Waals surface area contributed by atoms with Gasteiger partial charge in [-0.05, 0) is 36.8 Å². The third-order valence-electron chi connectivity index (χ3n) is 5.20. The fourth-order valence-corrected chi connectivity index (χ4v) is 3.40. The minimum absolute atomic E-state index is 0.0441. The molecule has 2 heterocycles. The van der Waals surface area contributed by atoms with Gasteiger partial charge in [-0.3, -0.25) is 4.98 Å². The zero-order chi connectivity index (χ0) is 22.1. The van der Waals surface area contributed by atoms with E-state index in [-0.39, 0.29) is 30.7 Å². The number of carbonyl (C=O) groups excluding carboxylic acids is 1. The first-order valence-corrected chi connectivity index (χ1v) is 10.4. The van der Waals surface area contributed by atoms with Crippen molar-refractivity contribution in [2.45, 2.75) is 31.9 Å². The molecule has 3 aromatic rings. The van der Waals surface area contributed by atoms with E-state index in [4.69, 9.17) is 9.84 Å². The number of aliphatic hydroxyl groups is 1. The third kappa shape index (κ3) is 6.36. The summed E-state index contributed by atoms with van der Waals surface area (Å²) in [5.74, 6) is -0.178. The molecule has 0 aliphatic carbocycles. The second-order valence-electron chi connectivity index (χ2n) is 7.31. The smallest absolute Gasteiger partial charge is 0.410 e. The van der Waals surface area contributed by atoms with E-state index >= 15 is 0 Å². The fraction of sp³-hybridized carbons (Fsp3) is 0.280. The van der Waals surface area contributed by atoms with Crippen molar-refractivity contribution in [3.05, 3.63) is 90.4 Å². The van der Waals surface area contributed by atoms with Crippen LogP contribution in [0, 0.1) is 5.82 Å². The van der Waals surface area contributed by atoms with E-state index in [0.717, 1.165) is 23.2 Å². The number of hydrogen-bond acceptors (Lipinski definition) is 4. The van der Waals surface area contributed by atoms with Crippen LogP contribution >= 0.6 is 0 Å². The Kier molecular flexibility index (Phi) is 8.12. The lowest BCUT2D eigenvalue weighted by Gasteiger charge is -2.35. The van der Waals surface area contributed by atoms with Crippen molar-refractivity contribution in [3.63, 3.8) is 0 Å². The summed E-state index contributed by atoms with van der Waals surface area (Å²) in [6.07, 6.45) is 2.56. The molecule has 1 N–H and O–H groups in total. The maximum atomic E-state index is 12.2. The molecular weight excluding hydrogens is 395 g/mol. The van der Waals surface area contributed by atoms with E-state index in [1.165, 1.54) is 12.1 Å². The normalized spacial score (nSPS) is 16.7. The number of ether oxygens (including phenoxy) is 1. The first-order chi connectivity index (χ1) is 15.1. The Balaban J connectivity index is 0.000000330. The number of nitrogens with zero attached hydrogens (tertiary/aromatic N) is 2. The molecule has 2 aromatic carbocycles. The van der Waals surface area contributed by atoms with Crippen LogP contribution in [0.1, 0.15) is 31.4 Å². The van der Waals surface area contributed by atoms with Gasteiger partial charge >= 0.3 is 6.09 Å². The van der Waals surface area contributed by atoms with Crippen LogP contribution in [0.5, 0.6) is 0 Å². The summed E-state index contributed by atoms with van der Waals surface area (Å²) >= 11 is 0. The van der Waals surface area contributed by atoms with Crippen molar-refractivity contribution in [3.8, 4) is 11.3 Å². The van der Waals surface area contributed by atoms with E-state index < -0.39 is 0 Å². The van der Waals surface area contributed by atoms with Crippen molar-refractivity contribution in [2.75, 3.05) is 13.2 Å². The highest BCUT2D eigenvalue weighted by molar-refractivity contribution is 5.69. The number of carbonyl (C=O) groups is 1. The predicted octanol–water partition coefficient (Wildman–Crippen LogP) is 5.23. The first-order valence-electron chi connectivity index (χ1n) is 10.4. The molecule has 0 saturated carbocycles. The minimum Gasteiger partial charge on any atom is -0.446 e. The summed E-state index contributed by atoms with van der Waals surface area (Å²) < 4.78 is 17.3.